The van der Waals surface area contributed by atoms with Crippen LogP contribution in [0.15, 0.2) is 39.6 Å². The number of amides is 1. The van der Waals surface area contributed by atoms with Crippen molar-refractivity contribution >= 4 is 33.5 Å². The van der Waals surface area contributed by atoms with Gasteiger partial charge in [0.05, 0.1) is 17.8 Å². The zero-order chi connectivity index (χ0) is 24.6. The van der Waals surface area contributed by atoms with Crippen LogP contribution in [0.3, 0.4) is 0 Å². The average molecular weight is 531 g/mol. The highest BCUT2D eigenvalue weighted by Crippen LogP contribution is 2.61. The summed E-state index contributed by atoms with van der Waals surface area (Å²) in [4.78, 5) is 37.3. The molecule has 182 valence electrons. The lowest BCUT2D eigenvalue weighted by atomic mass is 9.45. The second-order valence-electron chi connectivity index (χ2n) is 10.1. The summed E-state index contributed by atoms with van der Waals surface area (Å²) in [5.74, 6) is 1.15. The molecule has 3 aliphatic carbocycles. The molecule has 0 aliphatic heterocycles. The number of fused-ring (bicyclic) bond motifs is 2. The van der Waals surface area contributed by atoms with Crippen molar-refractivity contribution in [1.29, 1.82) is 0 Å². The third-order valence-corrected chi connectivity index (χ3v) is 8.46. The van der Waals surface area contributed by atoms with Crippen molar-refractivity contribution in [2.75, 3.05) is 5.32 Å². The summed E-state index contributed by atoms with van der Waals surface area (Å²) < 4.78 is 5.62. The van der Waals surface area contributed by atoms with Gasteiger partial charge in [-0.05, 0) is 71.0 Å². The number of aromatic amines is 1. The van der Waals surface area contributed by atoms with Crippen LogP contribution in [0.4, 0.5) is 5.69 Å². The molecular weight excluding hydrogens is 500 g/mol. The summed E-state index contributed by atoms with van der Waals surface area (Å²) in [5.41, 5.74) is 0.933. The highest BCUT2D eigenvalue weighted by Gasteiger charge is 2.56. The molecule has 5 rings (SSSR count). The molecule has 8 nitrogen and oxygen atoms in total. The van der Waals surface area contributed by atoms with E-state index >= 15 is 0 Å². The van der Waals surface area contributed by atoms with Crippen LogP contribution in [0.2, 0.25) is 0 Å². The number of benzene rings is 1. The van der Waals surface area contributed by atoms with Crippen LogP contribution in [-0.4, -0.2) is 34.2 Å². The maximum atomic E-state index is 12.7. The zero-order valence-electron chi connectivity index (χ0n) is 19.9. The van der Waals surface area contributed by atoms with Gasteiger partial charge in [0.25, 0.3) is 5.56 Å². The fraction of sp³-hybridized carbons (Fsp3) is 0.520. The highest BCUT2D eigenvalue weighted by molar-refractivity contribution is 9.10. The third-order valence-electron chi connectivity index (χ3n) is 7.70. The van der Waals surface area contributed by atoms with Gasteiger partial charge in [0, 0.05) is 6.04 Å². The average Bonchev–Trinajstić information content (AvgIpc) is 2.79. The maximum absolute atomic E-state index is 12.7. The van der Waals surface area contributed by atoms with Crippen molar-refractivity contribution < 1.29 is 14.3 Å². The number of hydrogen-bond acceptors (Lipinski definition) is 6. The molecule has 3 saturated carbocycles. The first kappa shape index (κ1) is 24.4. The summed E-state index contributed by atoms with van der Waals surface area (Å²) in [6, 6.07) is 8.03. The predicted octanol–water partition coefficient (Wildman–Crippen LogP) is 3.67. The lowest BCUT2D eigenvalue weighted by Crippen LogP contribution is -2.58. The molecule has 3 aliphatic rings. The number of carbonyl (C=O) groups excluding carboxylic acids is 2. The van der Waals surface area contributed by atoms with Crippen LogP contribution in [0.1, 0.15) is 46.2 Å². The van der Waals surface area contributed by atoms with Crippen molar-refractivity contribution in [1.82, 2.24) is 15.5 Å². The maximum Gasteiger partial charge on any atom is 0.333 e. The normalized spacial score (nSPS) is 25.6. The Kier molecular flexibility index (Phi) is 6.85. The molecule has 0 saturated heterocycles. The Balaban J connectivity index is 1.43. The molecule has 2 bridgehead atoms. The summed E-state index contributed by atoms with van der Waals surface area (Å²) in [6.45, 7) is 8.49. The lowest BCUT2D eigenvalue weighted by Gasteiger charge is -2.62. The fourth-order valence-corrected chi connectivity index (χ4v) is 5.89. The number of nitrogens with zero attached hydrogens (tertiary/aromatic N) is 1. The topological polar surface area (TPSA) is 113 Å². The minimum Gasteiger partial charge on any atom is -0.425 e. The SMILES string of the molecule is CC(NC(=O)Cc1n[nH]c(=O)c(Br)c1N[C@@H]1C[C@@H]2C[C@H]([C@H]1C)C2(C)C)C(=O)Oc1ccccc1. The van der Waals surface area contributed by atoms with E-state index in [9.17, 15) is 14.4 Å². The molecule has 1 heterocycles. The Morgan fingerprint density at radius 2 is 1.97 bits per heavy atom. The minimum atomic E-state index is -0.844. The monoisotopic (exact) mass is 530 g/mol. The van der Waals surface area contributed by atoms with E-state index in [-0.39, 0.29) is 18.0 Å². The Labute approximate surface area is 207 Å². The van der Waals surface area contributed by atoms with Gasteiger partial charge in [0.1, 0.15) is 16.3 Å². The summed E-state index contributed by atoms with van der Waals surface area (Å²) in [7, 11) is 0. The Morgan fingerprint density at radius 1 is 1.26 bits per heavy atom. The number of anilines is 1. The number of aromatic nitrogens is 2. The predicted molar refractivity (Wildman–Crippen MR) is 133 cm³/mol. The summed E-state index contributed by atoms with van der Waals surface area (Å²) in [5, 5.41) is 12.8. The number of carbonyl (C=O) groups is 2. The van der Waals surface area contributed by atoms with Gasteiger partial charge in [-0.3, -0.25) is 9.59 Å². The van der Waals surface area contributed by atoms with Gasteiger partial charge < -0.3 is 15.4 Å². The minimum absolute atomic E-state index is 0.0971. The van der Waals surface area contributed by atoms with E-state index < -0.39 is 17.9 Å². The number of hydrogen-bond donors (Lipinski definition) is 3. The second kappa shape index (κ2) is 9.52. The molecule has 0 radical (unpaired) electrons. The van der Waals surface area contributed by atoms with Gasteiger partial charge in [-0.1, -0.05) is 39.0 Å². The molecule has 3 fully saturated rings. The molecule has 2 aromatic rings. The van der Waals surface area contributed by atoms with E-state index in [1.807, 2.05) is 6.07 Å². The van der Waals surface area contributed by atoms with Gasteiger partial charge in [0.2, 0.25) is 5.91 Å². The van der Waals surface area contributed by atoms with Gasteiger partial charge in [0.15, 0.2) is 0 Å². The van der Waals surface area contributed by atoms with Crippen molar-refractivity contribution in [3.8, 4) is 5.75 Å². The van der Waals surface area contributed by atoms with E-state index in [0.29, 0.717) is 44.8 Å². The van der Waals surface area contributed by atoms with Crippen molar-refractivity contribution in [3.63, 3.8) is 0 Å². The molecule has 1 aromatic carbocycles. The number of H-pyrrole nitrogens is 1. The van der Waals surface area contributed by atoms with E-state index in [0.717, 1.165) is 6.42 Å². The van der Waals surface area contributed by atoms with Crippen LogP contribution in [0.5, 0.6) is 5.75 Å². The first-order valence-corrected chi connectivity index (χ1v) is 12.5. The van der Waals surface area contributed by atoms with Crippen LogP contribution in [0.25, 0.3) is 0 Å². The second-order valence-corrected chi connectivity index (χ2v) is 10.9. The van der Waals surface area contributed by atoms with Gasteiger partial charge in [-0.25, -0.2) is 9.89 Å². The van der Waals surface area contributed by atoms with Crippen LogP contribution in [0, 0.1) is 23.2 Å². The number of halogens is 1. The van der Waals surface area contributed by atoms with E-state index in [1.165, 1.54) is 6.42 Å². The first-order chi connectivity index (χ1) is 16.1. The lowest BCUT2D eigenvalue weighted by molar-refractivity contribution is -0.138. The molecule has 3 N–H and O–H groups in total. The fourth-order valence-electron chi connectivity index (χ4n) is 5.46. The zero-order valence-corrected chi connectivity index (χ0v) is 21.4. The molecule has 1 amide bonds. The molecule has 0 spiro atoms. The highest BCUT2D eigenvalue weighted by atomic mass is 79.9. The molecule has 1 aromatic heterocycles. The Bertz CT molecular complexity index is 1130. The standard InChI is InChI=1S/C25H31BrN4O4/c1-13-17-10-15(25(17,3)4)11-18(13)28-22-19(29-30-23(32)21(22)26)12-20(31)27-14(2)24(33)34-16-8-6-5-7-9-16/h5-9,13-15,17-18H,10-12H2,1-4H3,(H,27,31)(H2,28,30,32)/t13-,14?,15+,17-,18-/m1/s1. The Hall–Kier alpha value is -2.68. The first-order valence-electron chi connectivity index (χ1n) is 11.7. The largest absolute Gasteiger partial charge is 0.425 e. The quantitative estimate of drug-likeness (QED) is 0.371. The summed E-state index contributed by atoms with van der Waals surface area (Å²) in [6.07, 6.45) is 2.16. The number of rotatable bonds is 7. The molecule has 5 atom stereocenters. The smallest absolute Gasteiger partial charge is 0.333 e. The molecular formula is C25H31BrN4O4. The molecule has 1 unspecified atom stereocenters. The van der Waals surface area contributed by atoms with Crippen molar-refractivity contribution in [2.24, 2.45) is 23.2 Å². The van der Waals surface area contributed by atoms with Crippen molar-refractivity contribution in [2.45, 2.75) is 59.0 Å². The Morgan fingerprint density at radius 3 is 2.62 bits per heavy atom. The molecule has 9 heteroatoms. The van der Waals surface area contributed by atoms with Gasteiger partial charge in [-0.2, -0.15) is 5.10 Å². The van der Waals surface area contributed by atoms with E-state index in [2.05, 4.69) is 57.5 Å². The number of esters is 1. The van der Waals surface area contributed by atoms with Crippen LogP contribution in [-0.2, 0) is 16.0 Å². The van der Waals surface area contributed by atoms with Crippen LogP contribution < -0.4 is 20.9 Å². The van der Waals surface area contributed by atoms with Gasteiger partial charge >= 0.3 is 5.97 Å². The number of nitrogens with one attached hydrogen (secondary N) is 3. The number of para-hydroxylation sites is 1. The van der Waals surface area contributed by atoms with Crippen LogP contribution >= 0.6 is 15.9 Å². The van der Waals surface area contributed by atoms with E-state index in [1.54, 1.807) is 31.2 Å². The van der Waals surface area contributed by atoms with E-state index in [4.69, 9.17) is 4.74 Å². The third kappa shape index (κ3) is 4.76. The van der Waals surface area contributed by atoms with Gasteiger partial charge in [-0.15, -0.1) is 0 Å². The molecule has 34 heavy (non-hydrogen) atoms. The van der Waals surface area contributed by atoms with Crippen molar-refractivity contribution in [3.05, 3.63) is 50.9 Å². The number of ether oxygens (including phenoxy) is 1. The summed E-state index contributed by atoms with van der Waals surface area (Å²) >= 11 is 3.38.